The van der Waals surface area contributed by atoms with E-state index in [4.69, 9.17) is 16.7 Å². The Bertz CT molecular complexity index is 423. The molecule has 1 atom stereocenters. The molecule has 0 aliphatic carbocycles. The van der Waals surface area contributed by atoms with Gasteiger partial charge in [-0.3, -0.25) is 14.6 Å². The van der Waals surface area contributed by atoms with Crippen molar-refractivity contribution in [3.05, 3.63) is 29.0 Å². The lowest BCUT2D eigenvalue weighted by atomic mass is 10.1. The van der Waals surface area contributed by atoms with Crippen LogP contribution in [-0.2, 0) is 4.79 Å². The fraction of sp³-hybridized carbons (Fsp3) is 0.364. The van der Waals surface area contributed by atoms with Gasteiger partial charge in [0.05, 0.1) is 6.42 Å². The second-order valence-corrected chi connectivity index (χ2v) is 3.97. The molecule has 1 aromatic heterocycles. The number of halogens is 1. The van der Waals surface area contributed by atoms with Gasteiger partial charge in [0.25, 0.3) is 5.91 Å². The number of rotatable bonds is 5. The number of carboxylic acid groups (broad SMARTS) is 1. The highest BCUT2D eigenvalue weighted by atomic mass is 35.5. The van der Waals surface area contributed by atoms with Crippen LogP contribution in [-0.4, -0.2) is 28.0 Å². The van der Waals surface area contributed by atoms with Crippen molar-refractivity contribution in [1.29, 1.82) is 0 Å². The van der Waals surface area contributed by atoms with Crippen LogP contribution < -0.4 is 5.32 Å². The van der Waals surface area contributed by atoms with E-state index in [9.17, 15) is 9.59 Å². The van der Waals surface area contributed by atoms with Crippen LogP contribution in [0.25, 0.3) is 0 Å². The minimum Gasteiger partial charge on any atom is -0.481 e. The number of nitrogens with one attached hydrogen (secondary N) is 1. The lowest BCUT2D eigenvalue weighted by molar-refractivity contribution is -0.137. The van der Waals surface area contributed by atoms with Gasteiger partial charge in [0.1, 0.15) is 5.69 Å². The quantitative estimate of drug-likeness (QED) is 0.841. The van der Waals surface area contributed by atoms with Gasteiger partial charge in [0, 0.05) is 17.3 Å². The number of aromatic nitrogens is 1. The van der Waals surface area contributed by atoms with Crippen molar-refractivity contribution in [2.45, 2.75) is 25.8 Å². The summed E-state index contributed by atoms with van der Waals surface area (Å²) in [5.74, 6) is -1.36. The zero-order valence-corrected chi connectivity index (χ0v) is 10.1. The van der Waals surface area contributed by atoms with Crippen molar-refractivity contribution in [2.24, 2.45) is 0 Å². The van der Waals surface area contributed by atoms with Crippen molar-refractivity contribution < 1.29 is 14.7 Å². The highest BCUT2D eigenvalue weighted by Crippen LogP contribution is 2.08. The van der Waals surface area contributed by atoms with Crippen molar-refractivity contribution in [1.82, 2.24) is 10.3 Å². The van der Waals surface area contributed by atoms with Crippen LogP contribution in [0.3, 0.4) is 0 Å². The molecular formula is C11H13ClN2O3. The Labute approximate surface area is 104 Å². The van der Waals surface area contributed by atoms with E-state index in [1.54, 1.807) is 13.0 Å². The van der Waals surface area contributed by atoms with Gasteiger partial charge in [-0.05, 0) is 18.6 Å². The Morgan fingerprint density at radius 2 is 2.29 bits per heavy atom. The molecule has 0 saturated heterocycles. The first-order valence-corrected chi connectivity index (χ1v) is 5.55. The maximum absolute atomic E-state index is 11.7. The Morgan fingerprint density at radius 1 is 1.59 bits per heavy atom. The first-order valence-electron chi connectivity index (χ1n) is 5.17. The second kappa shape index (κ2) is 6.20. The molecule has 1 amide bonds. The number of hydrogen-bond acceptors (Lipinski definition) is 3. The fourth-order valence-corrected chi connectivity index (χ4v) is 1.46. The van der Waals surface area contributed by atoms with Gasteiger partial charge in [0.2, 0.25) is 0 Å². The molecule has 0 saturated carbocycles. The summed E-state index contributed by atoms with van der Waals surface area (Å²) in [5, 5.41) is 11.7. The van der Waals surface area contributed by atoms with Crippen molar-refractivity contribution in [2.75, 3.05) is 0 Å². The first-order chi connectivity index (χ1) is 8.02. The Morgan fingerprint density at radius 3 is 2.82 bits per heavy atom. The monoisotopic (exact) mass is 256 g/mol. The van der Waals surface area contributed by atoms with Crippen molar-refractivity contribution in [3.8, 4) is 0 Å². The van der Waals surface area contributed by atoms with E-state index < -0.39 is 17.9 Å². The summed E-state index contributed by atoms with van der Waals surface area (Å²) in [5.41, 5.74) is 0.182. The molecule has 0 radical (unpaired) electrons. The third kappa shape index (κ3) is 4.40. The summed E-state index contributed by atoms with van der Waals surface area (Å²) < 4.78 is 0. The molecule has 0 fully saturated rings. The number of hydrogen-bond donors (Lipinski definition) is 2. The summed E-state index contributed by atoms with van der Waals surface area (Å²) in [4.78, 5) is 26.1. The van der Waals surface area contributed by atoms with Crippen LogP contribution >= 0.6 is 11.6 Å². The van der Waals surface area contributed by atoms with Gasteiger partial charge in [-0.15, -0.1) is 0 Å². The van der Waals surface area contributed by atoms with Crippen LogP contribution in [0.15, 0.2) is 18.3 Å². The average Bonchev–Trinajstić information content (AvgIpc) is 2.27. The molecule has 1 heterocycles. The van der Waals surface area contributed by atoms with Crippen LogP contribution in [0.4, 0.5) is 0 Å². The molecule has 0 aliphatic rings. The Hall–Kier alpha value is -1.62. The number of amides is 1. The summed E-state index contributed by atoms with van der Waals surface area (Å²) >= 11 is 5.73. The standard InChI is InChI=1S/C11H13ClN2O3/c1-2-8(6-10(15)16)14-11(17)9-5-7(12)3-4-13-9/h3-5,8H,2,6H2,1H3,(H,14,17)(H,15,16). The molecule has 5 nitrogen and oxygen atoms in total. The number of aliphatic carboxylic acids is 1. The highest BCUT2D eigenvalue weighted by Gasteiger charge is 2.16. The third-order valence-electron chi connectivity index (χ3n) is 2.20. The van der Waals surface area contributed by atoms with Crippen molar-refractivity contribution in [3.63, 3.8) is 0 Å². The van der Waals surface area contributed by atoms with Gasteiger partial charge < -0.3 is 10.4 Å². The van der Waals surface area contributed by atoms with Gasteiger partial charge in [-0.1, -0.05) is 18.5 Å². The Balaban J connectivity index is 2.67. The predicted molar refractivity (Wildman–Crippen MR) is 63.0 cm³/mol. The molecule has 1 aromatic rings. The number of carbonyl (C=O) groups excluding carboxylic acids is 1. The molecule has 0 aliphatic heterocycles. The van der Waals surface area contributed by atoms with Crippen LogP contribution in [0.5, 0.6) is 0 Å². The maximum Gasteiger partial charge on any atom is 0.305 e. The molecule has 92 valence electrons. The van der Waals surface area contributed by atoms with Gasteiger partial charge >= 0.3 is 5.97 Å². The fourth-order valence-electron chi connectivity index (χ4n) is 1.30. The SMILES string of the molecule is CCC(CC(=O)O)NC(=O)c1cc(Cl)ccn1. The summed E-state index contributed by atoms with van der Waals surface area (Å²) in [6, 6.07) is 2.60. The van der Waals surface area contributed by atoms with Gasteiger partial charge in [-0.2, -0.15) is 0 Å². The molecule has 1 unspecified atom stereocenters. The second-order valence-electron chi connectivity index (χ2n) is 3.54. The van der Waals surface area contributed by atoms with Gasteiger partial charge in [0.15, 0.2) is 0 Å². The molecule has 0 spiro atoms. The largest absolute Gasteiger partial charge is 0.481 e. The van der Waals surface area contributed by atoms with Gasteiger partial charge in [-0.25, -0.2) is 0 Å². The van der Waals surface area contributed by atoms with Crippen LogP contribution in [0.2, 0.25) is 5.02 Å². The van der Waals surface area contributed by atoms with Crippen LogP contribution in [0.1, 0.15) is 30.3 Å². The zero-order chi connectivity index (χ0) is 12.8. The van der Waals surface area contributed by atoms with E-state index in [1.807, 2.05) is 0 Å². The summed E-state index contributed by atoms with van der Waals surface area (Å²) in [6.07, 6.45) is 1.86. The van der Waals surface area contributed by atoms with Crippen molar-refractivity contribution >= 4 is 23.5 Å². The highest BCUT2D eigenvalue weighted by molar-refractivity contribution is 6.30. The summed E-state index contributed by atoms with van der Waals surface area (Å²) in [7, 11) is 0. The van der Waals surface area contributed by atoms with E-state index in [-0.39, 0.29) is 12.1 Å². The van der Waals surface area contributed by atoms with E-state index in [0.29, 0.717) is 11.4 Å². The summed E-state index contributed by atoms with van der Waals surface area (Å²) in [6.45, 7) is 1.80. The third-order valence-corrected chi connectivity index (χ3v) is 2.44. The molecule has 2 N–H and O–H groups in total. The normalized spacial score (nSPS) is 11.9. The topological polar surface area (TPSA) is 79.3 Å². The molecule has 1 rings (SSSR count). The van der Waals surface area contributed by atoms with E-state index in [0.717, 1.165) is 0 Å². The lowest BCUT2D eigenvalue weighted by Crippen LogP contribution is -2.36. The predicted octanol–water partition coefficient (Wildman–Crippen LogP) is 1.72. The average molecular weight is 257 g/mol. The van der Waals surface area contributed by atoms with E-state index in [2.05, 4.69) is 10.3 Å². The van der Waals surface area contributed by atoms with Crippen LogP contribution in [0, 0.1) is 0 Å². The number of nitrogens with zero attached hydrogens (tertiary/aromatic N) is 1. The number of carbonyl (C=O) groups is 2. The molecule has 0 bridgehead atoms. The smallest absolute Gasteiger partial charge is 0.305 e. The van der Waals surface area contributed by atoms with E-state index in [1.165, 1.54) is 12.3 Å². The minimum absolute atomic E-state index is 0.108. The molecule has 6 heteroatoms. The minimum atomic E-state index is -0.948. The zero-order valence-electron chi connectivity index (χ0n) is 9.31. The van der Waals surface area contributed by atoms with E-state index >= 15 is 0 Å². The number of carboxylic acids is 1. The number of pyridine rings is 1. The lowest BCUT2D eigenvalue weighted by Gasteiger charge is -2.14. The molecule has 17 heavy (non-hydrogen) atoms. The maximum atomic E-state index is 11.7. The molecular weight excluding hydrogens is 244 g/mol. The Kier molecular flexibility index (Phi) is 4.90. The molecule has 0 aromatic carbocycles. The first kappa shape index (κ1) is 13.4.